The number of carbonyl (C=O) groups is 2. The second-order valence-corrected chi connectivity index (χ2v) is 12.1. The van der Waals surface area contributed by atoms with Crippen molar-refractivity contribution in [2.75, 3.05) is 0 Å². The van der Waals surface area contributed by atoms with Gasteiger partial charge in [-0.05, 0) is 77.8 Å². The lowest BCUT2D eigenvalue weighted by Gasteiger charge is -2.28. The Labute approximate surface area is 254 Å². The largest absolute Gasteiger partial charge is 0.480 e. The number of hydrogen-bond donors (Lipinski definition) is 2. The molecule has 0 radical (unpaired) electrons. The van der Waals surface area contributed by atoms with Gasteiger partial charge in [0.05, 0.1) is 0 Å². The first-order valence-electron chi connectivity index (χ1n) is 15.5. The molecule has 1 aliphatic carbocycles. The van der Waals surface area contributed by atoms with Crippen LogP contribution in [0.5, 0.6) is 0 Å². The summed E-state index contributed by atoms with van der Waals surface area (Å²) in [5.41, 5.74) is 6.71. The summed E-state index contributed by atoms with van der Waals surface area (Å²) in [6.45, 7) is 6.47. The normalized spacial score (nSPS) is 17.4. The molecule has 0 spiro atoms. The summed E-state index contributed by atoms with van der Waals surface area (Å²) in [5.74, 6) is 1.05. The van der Waals surface area contributed by atoms with E-state index in [0.717, 1.165) is 33.7 Å². The maximum absolute atomic E-state index is 12.7. The van der Waals surface area contributed by atoms with Crippen molar-refractivity contribution in [3.05, 3.63) is 107 Å². The van der Waals surface area contributed by atoms with Crippen LogP contribution in [0.2, 0.25) is 0 Å². The van der Waals surface area contributed by atoms with Gasteiger partial charge in [0.1, 0.15) is 6.04 Å². The van der Waals surface area contributed by atoms with Crippen LogP contribution in [0.25, 0.3) is 22.5 Å². The van der Waals surface area contributed by atoms with Crippen molar-refractivity contribution in [2.24, 2.45) is 5.92 Å². The molecular weight excluding hydrogens is 534 g/mol. The SMILES string of the molecule is CC[C@H]1CC[C@H](c2ccc(-c3cnc(-c4ccc(C[C@H](NC(=O)c5ccc(C(C)C)cc5)C(=O)O)cc4)nc3)cc2)CC1. The van der Waals surface area contributed by atoms with Gasteiger partial charge in [-0.15, -0.1) is 0 Å². The van der Waals surface area contributed by atoms with Crippen molar-refractivity contribution >= 4 is 11.9 Å². The van der Waals surface area contributed by atoms with Gasteiger partial charge < -0.3 is 10.4 Å². The zero-order chi connectivity index (χ0) is 30.3. The maximum atomic E-state index is 12.7. The van der Waals surface area contributed by atoms with Gasteiger partial charge in [-0.1, -0.05) is 87.9 Å². The van der Waals surface area contributed by atoms with Crippen LogP contribution in [0.4, 0.5) is 0 Å². The minimum absolute atomic E-state index is 0.168. The second-order valence-electron chi connectivity index (χ2n) is 12.1. The smallest absolute Gasteiger partial charge is 0.326 e. The molecule has 0 unspecified atom stereocenters. The van der Waals surface area contributed by atoms with Crippen LogP contribution in [-0.4, -0.2) is 33.0 Å². The molecule has 1 fully saturated rings. The molecule has 0 saturated heterocycles. The number of benzene rings is 3. The van der Waals surface area contributed by atoms with Gasteiger partial charge in [-0.3, -0.25) is 4.79 Å². The third-order valence-electron chi connectivity index (χ3n) is 8.89. The van der Waals surface area contributed by atoms with Crippen molar-refractivity contribution < 1.29 is 14.7 Å². The fourth-order valence-corrected chi connectivity index (χ4v) is 5.96. The number of aromatic nitrogens is 2. The molecule has 6 nitrogen and oxygen atoms in total. The molecule has 0 bridgehead atoms. The number of carboxylic acids is 1. The molecule has 1 heterocycles. The first-order chi connectivity index (χ1) is 20.8. The molecule has 1 saturated carbocycles. The van der Waals surface area contributed by atoms with E-state index in [1.54, 1.807) is 12.1 Å². The Morgan fingerprint density at radius 1 is 0.814 bits per heavy atom. The average Bonchev–Trinajstić information content (AvgIpc) is 3.05. The van der Waals surface area contributed by atoms with Crippen molar-refractivity contribution in [3.8, 4) is 22.5 Å². The Hall–Kier alpha value is -4.32. The first kappa shape index (κ1) is 30.1. The number of amides is 1. The van der Waals surface area contributed by atoms with Gasteiger partial charge in [0.15, 0.2) is 5.82 Å². The average molecular weight is 576 g/mol. The number of nitrogens with zero attached hydrogens (tertiary/aromatic N) is 2. The van der Waals surface area contributed by atoms with Crippen LogP contribution in [-0.2, 0) is 11.2 Å². The third kappa shape index (κ3) is 7.56. The van der Waals surface area contributed by atoms with Gasteiger partial charge in [0.25, 0.3) is 5.91 Å². The molecular formula is C37H41N3O3. The molecule has 1 aliphatic rings. The van der Waals surface area contributed by atoms with Crippen molar-refractivity contribution in [3.63, 3.8) is 0 Å². The lowest BCUT2D eigenvalue weighted by Crippen LogP contribution is -2.42. The molecule has 222 valence electrons. The third-order valence-corrected chi connectivity index (χ3v) is 8.89. The Morgan fingerprint density at radius 2 is 1.42 bits per heavy atom. The quantitative estimate of drug-likeness (QED) is 0.200. The molecule has 0 aliphatic heterocycles. The number of carboxylic acid groups (broad SMARTS) is 1. The highest BCUT2D eigenvalue weighted by Gasteiger charge is 2.22. The highest BCUT2D eigenvalue weighted by Crippen LogP contribution is 2.37. The minimum Gasteiger partial charge on any atom is -0.480 e. The van der Waals surface area contributed by atoms with Crippen LogP contribution in [0, 0.1) is 5.92 Å². The monoisotopic (exact) mass is 575 g/mol. The topological polar surface area (TPSA) is 92.2 Å². The van der Waals surface area contributed by atoms with Crippen molar-refractivity contribution in [1.82, 2.24) is 15.3 Å². The van der Waals surface area contributed by atoms with E-state index in [-0.39, 0.29) is 6.42 Å². The maximum Gasteiger partial charge on any atom is 0.326 e. The second kappa shape index (κ2) is 13.8. The van der Waals surface area contributed by atoms with Crippen molar-refractivity contribution in [2.45, 2.75) is 77.2 Å². The standard InChI is InChI=1S/C37H41N3O3/c1-4-25-5-9-28(10-6-25)29-15-17-30(18-16-29)33-22-38-35(39-23-33)31-11-7-26(8-12-31)21-34(37(42)43)40-36(41)32-19-13-27(14-20-32)24(2)3/h7-8,11-20,22-25,28,34H,4-6,9-10,21H2,1-3H3,(H,40,41)(H,42,43)/t25-,28-,34-/m0/s1. The van der Waals surface area contributed by atoms with E-state index in [2.05, 4.69) is 60.3 Å². The van der Waals surface area contributed by atoms with Crippen LogP contribution in [0.1, 0.15) is 91.8 Å². The number of nitrogens with one attached hydrogen (secondary N) is 1. The summed E-state index contributed by atoms with van der Waals surface area (Å²) in [6, 6.07) is 22.6. The molecule has 1 amide bonds. The molecule has 4 aromatic rings. The van der Waals surface area contributed by atoms with Gasteiger partial charge >= 0.3 is 5.97 Å². The lowest BCUT2D eigenvalue weighted by atomic mass is 9.78. The predicted molar refractivity (Wildman–Crippen MR) is 171 cm³/mol. The molecule has 2 N–H and O–H groups in total. The summed E-state index contributed by atoms with van der Waals surface area (Å²) in [4.78, 5) is 33.9. The Kier molecular flexibility index (Phi) is 9.65. The van der Waals surface area contributed by atoms with Crippen LogP contribution < -0.4 is 5.32 Å². The predicted octanol–water partition coefficient (Wildman–Crippen LogP) is 8.04. The fourth-order valence-electron chi connectivity index (χ4n) is 5.96. The Morgan fingerprint density at radius 3 is 1.98 bits per heavy atom. The molecule has 6 heteroatoms. The number of hydrogen-bond acceptors (Lipinski definition) is 4. The van der Waals surface area contributed by atoms with Gasteiger partial charge in [0, 0.05) is 35.5 Å². The van der Waals surface area contributed by atoms with Crippen LogP contribution >= 0.6 is 0 Å². The van der Waals surface area contributed by atoms with Gasteiger partial charge in [0.2, 0.25) is 0 Å². The summed E-state index contributed by atoms with van der Waals surface area (Å²) < 4.78 is 0. The van der Waals surface area contributed by atoms with E-state index in [4.69, 9.17) is 0 Å². The summed E-state index contributed by atoms with van der Waals surface area (Å²) in [7, 11) is 0. The van der Waals surface area contributed by atoms with E-state index in [1.807, 2.05) is 48.8 Å². The van der Waals surface area contributed by atoms with Gasteiger partial charge in [-0.25, -0.2) is 14.8 Å². The summed E-state index contributed by atoms with van der Waals surface area (Å²) in [6.07, 6.45) is 10.4. The van der Waals surface area contributed by atoms with Gasteiger partial charge in [-0.2, -0.15) is 0 Å². The molecule has 3 aromatic carbocycles. The lowest BCUT2D eigenvalue weighted by molar-refractivity contribution is -0.139. The Balaban J connectivity index is 1.19. The molecule has 43 heavy (non-hydrogen) atoms. The Bertz CT molecular complexity index is 1500. The number of aliphatic carboxylic acids is 1. The van der Waals surface area contributed by atoms with Crippen molar-refractivity contribution in [1.29, 1.82) is 0 Å². The van der Waals surface area contributed by atoms with E-state index < -0.39 is 17.9 Å². The zero-order valence-corrected chi connectivity index (χ0v) is 25.3. The number of rotatable bonds is 10. The molecule has 5 rings (SSSR count). The minimum atomic E-state index is -1.08. The fraction of sp³-hybridized carbons (Fsp3) is 0.351. The highest BCUT2D eigenvalue weighted by atomic mass is 16.4. The van der Waals surface area contributed by atoms with E-state index in [0.29, 0.717) is 23.2 Å². The molecule has 1 atom stereocenters. The summed E-state index contributed by atoms with van der Waals surface area (Å²) in [5, 5.41) is 12.4. The van der Waals surface area contributed by atoms with E-state index >= 15 is 0 Å². The van der Waals surface area contributed by atoms with Crippen LogP contribution in [0.3, 0.4) is 0 Å². The van der Waals surface area contributed by atoms with Crippen LogP contribution in [0.15, 0.2) is 85.2 Å². The highest BCUT2D eigenvalue weighted by molar-refractivity contribution is 5.96. The zero-order valence-electron chi connectivity index (χ0n) is 25.3. The number of carbonyl (C=O) groups excluding carboxylic acids is 1. The van der Waals surface area contributed by atoms with E-state index in [9.17, 15) is 14.7 Å². The first-order valence-corrected chi connectivity index (χ1v) is 15.5. The summed E-state index contributed by atoms with van der Waals surface area (Å²) >= 11 is 0. The molecule has 1 aromatic heterocycles. The van der Waals surface area contributed by atoms with E-state index in [1.165, 1.54) is 37.7 Å².